The zero-order chi connectivity index (χ0) is 19.4. The molecule has 1 heterocycles. The number of benzene rings is 2. The molecular weight excluding hydrogens is 384 g/mol. The van der Waals surface area contributed by atoms with E-state index in [1.54, 1.807) is 31.4 Å². The molecule has 0 aliphatic rings. The first kappa shape index (κ1) is 19.3. The predicted octanol–water partition coefficient (Wildman–Crippen LogP) is 4.26. The Balaban J connectivity index is 1.67. The van der Waals surface area contributed by atoms with E-state index in [9.17, 15) is 4.79 Å². The van der Waals surface area contributed by atoms with Crippen molar-refractivity contribution in [3.05, 3.63) is 53.6 Å². The molecule has 140 valence electrons. The molecule has 1 aromatic heterocycles. The van der Waals surface area contributed by atoms with Crippen molar-refractivity contribution in [1.82, 2.24) is 14.8 Å². The van der Waals surface area contributed by atoms with E-state index in [1.165, 1.54) is 11.8 Å². The van der Waals surface area contributed by atoms with Gasteiger partial charge in [0.1, 0.15) is 5.75 Å². The van der Waals surface area contributed by atoms with Crippen LogP contribution < -0.4 is 10.1 Å². The normalized spacial score (nSPS) is 11.9. The number of amides is 1. The maximum absolute atomic E-state index is 12.5. The van der Waals surface area contributed by atoms with Crippen LogP contribution in [0.3, 0.4) is 0 Å². The van der Waals surface area contributed by atoms with Crippen LogP contribution in [-0.2, 0) is 11.8 Å². The number of nitrogens with zero attached hydrogens (tertiary/aromatic N) is 3. The molecule has 0 spiro atoms. The van der Waals surface area contributed by atoms with Gasteiger partial charge in [-0.2, -0.15) is 0 Å². The number of rotatable bonds is 6. The molecule has 0 aliphatic carbocycles. The van der Waals surface area contributed by atoms with Gasteiger partial charge >= 0.3 is 0 Å². The standard InChI is InChI=1S/C19H19ClN4O2S/c1-12(18(25)21-15-8-10-16(26-3)11-9-15)27-19-23-22-17(24(19)2)13-4-6-14(20)7-5-13/h4-12H,1-3H3,(H,21,25)/t12-/m1/s1. The summed E-state index contributed by atoms with van der Waals surface area (Å²) in [4.78, 5) is 12.5. The molecule has 3 rings (SSSR count). The average molecular weight is 403 g/mol. The molecule has 8 heteroatoms. The van der Waals surface area contributed by atoms with E-state index in [1.807, 2.05) is 42.8 Å². The number of hydrogen-bond donors (Lipinski definition) is 1. The zero-order valence-electron chi connectivity index (χ0n) is 15.1. The average Bonchev–Trinajstić information content (AvgIpc) is 3.03. The number of carbonyl (C=O) groups excluding carboxylic acids is 1. The maximum atomic E-state index is 12.5. The van der Waals surface area contributed by atoms with E-state index < -0.39 is 0 Å². The molecule has 0 saturated carbocycles. The number of thioether (sulfide) groups is 1. The number of hydrogen-bond acceptors (Lipinski definition) is 5. The SMILES string of the molecule is COc1ccc(NC(=O)[C@@H](C)Sc2nnc(-c3ccc(Cl)cc3)n2C)cc1. The Kier molecular flexibility index (Phi) is 6.03. The molecule has 6 nitrogen and oxygen atoms in total. The van der Waals surface area contributed by atoms with E-state index in [2.05, 4.69) is 15.5 Å². The summed E-state index contributed by atoms with van der Waals surface area (Å²) in [7, 11) is 3.48. The van der Waals surface area contributed by atoms with Gasteiger partial charge < -0.3 is 14.6 Å². The Morgan fingerprint density at radius 1 is 1.15 bits per heavy atom. The zero-order valence-corrected chi connectivity index (χ0v) is 16.7. The van der Waals surface area contributed by atoms with Crippen LogP contribution in [0.25, 0.3) is 11.4 Å². The minimum Gasteiger partial charge on any atom is -0.497 e. The molecule has 27 heavy (non-hydrogen) atoms. The van der Waals surface area contributed by atoms with Gasteiger partial charge in [-0.15, -0.1) is 10.2 Å². The van der Waals surface area contributed by atoms with Crippen molar-refractivity contribution < 1.29 is 9.53 Å². The third-order valence-electron chi connectivity index (χ3n) is 3.95. The Hall–Kier alpha value is -2.51. The minimum atomic E-state index is -0.340. The molecule has 0 radical (unpaired) electrons. The lowest BCUT2D eigenvalue weighted by atomic mass is 10.2. The molecule has 0 bridgehead atoms. The lowest BCUT2D eigenvalue weighted by Crippen LogP contribution is -2.22. The highest BCUT2D eigenvalue weighted by Gasteiger charge is 2.19. The number of nitrogens with one attached hydrogen (secondary N) is 1. The Labute approximate surface area is 166 Å². The van der Waals surface area contributed by atoms with Crippen molar-refractivity contribution in [3.63, 3.8) is 0 Å². The second-order valence-corrected chi connectivity index (χ2v) is 7.59. The van der Waals surface area contributed by atoms with Crippen LogP contribution in [0.15, 0.2) is 53.7 Å². The first-order valence-corrected chi connectivity index (χ1v) is 9.50. The fraction of sp³-hybridized carbons (Fsp3) is 0.211. The summed E-state index contributed by atoms with van der Waals surface area (Å²) >= 11 is 7.28. The number of anilines is 1. The summed E-state index contributed by atoms with van der Waals surface area (Å²) in [6.07, 6.45) is 0. The van der Waals surface area contributed by atoms with Crippen molar-refractivity contribution in [2.75, 3.05) is 12.4 Å². The number of methoxy groups -OCH3 is 1. The molecule has 3 aromatic rings. The van der Waals surface area contributed by atoms with Gasteiger partial charge in [0.2, 0.25) is 5.91 Å². The van der Waals surface area contributed by atoms with E-state index in [0.717, 1.165) is 17.1 Å². The molecular formula is C19H19ClN4O2S. The summed E-state index contributed by atoms with van der Waals surface area (Å²) in [6.45, 7) is 1.83. The number of carbonyl (C=O) groups is 1. The lowest BCUT2D eigenvalue weighted by molar-refractivity contribution is -0.115. The van der Waals surface area contributed by atoms with Gasteiger partial charge in [-0.1, -0.05) is 23.4 Å². The fourth-order valence-corrected chi connectivity index (χ4v) is 3.34. The monoisotopic (exact) mass is 402 g/mol. The van der Waals surface area contributed by atoms with E-state index in [0.29, 0.717) is 15.9 Å². The summed E-state index contributed by atoms with van der Waals surface area (Å²) < 4.78 is 6.98. The van der Waals surface area contributed by atoms with E-state index >= 15 is 0 Å². The first-order chi connectivity index (χ1) is 13.0. The fourth-order valence-electron chi connectivity index (χ4n) is 2.40. The second-order valence-electron chi connectivity index (χ2n) is 5.85. The Bertz CT molecular complexity index is 926. The topological polar surface area (TPSA) is 69.0 Å². The van der Waals surface area contributed by atoms with Gasteiger partial charge in [-0.3, -0.25) is 4.79 Å². The molecule has 1 atom stereocenters. The summed E-state index contributed by atoms with van der Waals surface area (Å²) in [5, 5.41) is 12.3. The molecule has 2 aromatic carbocycles. The van der Waals surface area contributed by atoms with E-state index in [-0.39, 0.29) is 11.2 Å². The molecule has 1 N–H and O–H groups in total. The largest absolute Gasteiger partial charge is 0.497 e. The molecule has 0 unspecified atom stereocenters. The van der Waals surface area contributed by atoms with Crippen LogP contribution in [0.2, 0.25) is 5.02 Å². The number of ether oxygens (including phenoxy) is 1. The van der Waals surface area contributed by atoms with Crippen molar-refractivity contribution >= 4 is 35.0 Å². The van der Waals surface area contributed by atoms with Crippen LogP contribution in [0.4, 0.5) is 5.69 Å². The predicted molar refractivity (Wildman–Crippen MR) is 108 cm³/mol. The van der Waals surface area contributed by atoms with Crippen LogP contribution in [-0.4, -0.2) is 33.0 Å². The highest BCUT2D eigenvalue weighted by atomic mass is 35.5. The van der Waals surface area contributed by atoms with Gasteiger partial charge in [0.05, 0.1) is 12.4 Å². The highest BCUT2D eigenvalue weighted by molar-refractivity contribution is 8.00. The lowest BCUT2D eigenvalue weighted by Gasteiger charge is -2.12. The Morgan fingerprint density at radius 2 is 1.81 bits per heavy atom. The van der Waals surface area contributed by atoms with Crippen molar-refractivity contribution in [2.45, 2.75) is 17.3 Å². The number of aromatic nitrogens is 3. The highest BCUT2D eigenvalue weighted by Crippen LogP contribution is 2.27. The van der Waals surface area contributed by atoms with Gasteiger partial charge in [-0.25, -0.2) is 0 Å². The van der Waals surface area contributed by atoms with Crippen LogP contribution in [0.1, 0.15) is 6.92 Å². The van der Waals surface area contributed by atoms with Crippen LogP contribution >= 0.6 is 23.4 Å². The molecule has 0 fully saturated rings. The van der Waals surface area contributed by atoms with Crippen molar-refractivity contribution in [2.24, 2.45) is 7.05 Å². The third kappa shape index (κ3) is 4.61. The van der Waals surface area contributed by atoms with Gasteiger partial charge in [0.15, 0.2) is 11.0 Å². The molecule has 1 amide bonds. The number of halogens is 1. The van der Waals surface area contributed by atoms with Gasteiger partial charge in [-0.05, 0) is 55.5 Å². The smallest absolute Gasteiger partial charge is 0.237 e. The molecule has 0 aliphatic heterocycles. The van der Waals surface area contributed by atoms with Gasteiger partial charge in [0, 0.05) is 23.3 Å². The van der Waals surface area contributed by atoms with Crippen LogP contribution in [0.5, 0.6) is 5.75 Å². The van der Waals surface area contributed by atoms with E-state index in [4.69, 9.17) is 16.3 Å². The summed E-state index contributed by atoms with van der Waals surface area (Å²) in [5.41, 5.74) is 1.63. The quantitative estimate of drug-likeness (QED) is 0.624. The first-order valence-electron chi connectivity index (χ1n) is 8.25. The minimum absolute atomic E-state index is 0.110. The van der Waals surface area contributed by atoms with Crippen molar-refractivity contribution in [3.8, 4) is 17.1 Å². The third-order valence-corrected chi connectivity index (χ3v) is 5.33. The van der Waals surface area contributed by atoms with Gasteiger partial charge in [0.25, 0.3) is 0 Å². The molecule has 0 saturated heterocycles. The van der Waals surface area contributed by atoms with Crippen LogP contribution in [0, 0.1) is 0 Å². The second kappa shape index (κ2) is 8.45. The summed E-state index contributed by atoms with van der Waals surface area (Å²) in [5.74, 6) is 1.35. The van der Waals surface area contributed by atoms with Crippen molar-refractivity contribution in [1.29, 1.82) is 0 Å². The Morgan fingerprint density at radius 3 is 2.44 bits per heavy atom. The maximum Gasteiger partial charge on any atom is 0.237 e. The summed E-state index contributed by atoms with van der Waals surface area (Å²) in [6, 6.07) is 14.6.